The summed E-state index contributed by atoms with van der Waals surface area (Å²) in [6.45, 7) is 3.43. The summed E-state index contributed by atoms with van der Waals surface area (Å²) in [6.07, 6.45) is 1.38. The maximum absolute atomic E-state index is 10.7. The summed E-state index contributed by atoms with van der Waals surface area (Å²) in [5.41, 5.74) is 0.403. The summed E-state index contributed by atoms with van der Waals surface area (Å²) in [6, 6.07) is 6.10. The molecule has 0 aliphatic rings. The zero-order valence-corrected chi connectivity index (χ0v) is 7.08. The van der Waals surface area contributed by atoms with Gasteiger partial charge in [0, 0.05) is 0 Å². The van der Waals surface area contributed by atoms with E-state index in [9.17, 15) is 8.42 Å². The molecule has 0 saturated heterocycles. The van der Waals surface area contributed by atoms with Crippen LogP contribution in [0.3, 0.4) is 0 Å². The summed E-state index contributed by atoms with van der Waals surface area (Å²) in [5, 5.41) is 0. The molecule has 0 aromatic heterocycles. The van der Waals surface area contributed by atoms with Crippen LogP contribution in [0.1, 0.15) is 5.56 Å². The Hall–Kier alpha value is 0.870. The molecule has 0 unspecified atom stereocenters. The number of rotatable bonds is 2. The van der Waals surface area contributed by atoms with Crippen molar-refractivity contribution in [2.24, 2.45) is 0 Å². The third-order valence-corrected chi connectivity index (χ3v) is 2.34. The Bertz CT molecular complexity index is 401. The predicted molar refractivity (Wildman–Crippen MR) is 60.6 cm³/mol. The molecule has 1 N–H and O–H groups in total. The van der Waals surface area contributed by atoms with Crippen LogP contribution >= 0.6 is 0 Å². The Kier molecular flexibility index (Phi) is 8.87. The van der Waals surface area contributed by atoms with Crippen LogP contribution in [0.2, 0.25) is 0 Å². The van der Waals surface area contributed by atoms with Crippen molar-refractivity contribution in [1.82, 2.24) is 0 Å². The Morgan fingerprint density at radius 1 is 1.21 bits per heavy atom. The first-order valence-corrected chi connectivity index (χ1v) is 4.68. The van der Waals surface area contributed by atoms with Crippen molar-refractivity contribution < 1.29 is 13.0 Å². The van der Waals surface area contributed by atoms with Gasteiger partial charge in [-0.2, -0.15) is 8.42 Å². The zero-order chi connectivity index (χ0) is 9.19. The summed E-state index contributed by atoms with van der Waals surface area (Å²) >= 11 is 0. The van der Waals surface area contributed by atoms with Crippen LogP contribution in [0.4, 0.5) is 0 Å². The fourth-order valence-electron chi connectivity index (χ4n) is 0.884. The van der Waals surface area contributed by atoms with Crippen LogP contribution in [-0.2, 0) is 10.1 Å². The molecule has 1 aromatic rings. The summed E-state index contributed by atoms with van der Waals surface area (Å²) in [5.74, 6) is 0. The molecule has 0 amide bonds. The van der Waals surface area contributed by atoms with E-state index in [1.165, 1.54) is 18.2 Å². The van der Waals surface area contributed by atoms with Crippen LogP contribution in [0.25, 0.3) is 6.08 Å². The van der Waals surface area contributed by atoms with E-state index >= 15 is 0 Å². The normalized spacial score (nSPS) is 9.50. The van der Waals surface area contributed by atoms with Crippen molar-refractivity contribution in [3.63, 3.8) is 0 Å². The minimum absolute atomic E-state index is 0. The maximum atomic E-state index is 10.7. The molecular formula is C8H10Na2O3S. The molecule has 0 radical (unpaired) electrons. The van der Waals surface area contributed by atoms with Crippen molar-refractivity contribution in [2.75, 3.05) is 0 Å². The average Bonchev–Trinajstić information content (AvgIpc) is 2.03. The van der Waals surface area contributed by atoms with Crippen LogP contribution in [-0.4, -0.2) is 72.1 Å². The Labute approximate surface area is 128 Å². The van der Waals surface area contributed by atoms with Crippen molar-refractivity contribution in [1.29, 1.82) is 0 Å². The quantitative estimate of drug-likeness (QED) is 0.588. The molecule has 68 valence electrons. The standard InChI is InChI=1S/C8H8O3S.2Na.2H/c1-2-7-5-3-4-6-8(7)12(9,10)11;;;;/h2-6H,1H2,(H,9,10,11);;;;. The molecule has 0 fully saturated rings. The second kappa shape index (κ2) is 7.19. The van der Waals surface area contributed by atoms with E-state index in [0.717, 1.165) is 0 Å². The van der Waals surface area contributed by atoms with Crippen molar-refractivity contribution in [3.8, 4) is 0 Å². The number of hydrogen-bond acceptors (Lipinski definition) is 2. The third kappa shape index (κ3) is 4.59. The summed E-state index contributed by atoms with van der Waals surface area (Å²) in [7, 11) is -4.12. The van der Waals surface area contributed by atoms with E-state index in [1.807, 2.05) is 0 Å². The first kappa shape index (κ1) is 17.3. The van der Waals surface area contributed by atoms with E-state index in [2.05, 4.69) is 6.58 Å². The van der Waals surface area contributed by atoms with Crippen molar-refractivity contribution in [3.05, 3.63) is 36.4 Å². The Balaban J connectivity index is 0. The van der Waals surface area contributed by atoms with Crippen LogP contribution < -0.4 is 0 Å². The average molecular weight is 232 g/mol. The molecule has 0 aliphatic carbocycles. The second-order valence-corrected chi connectivity index (χ2v) is 3.61. The molecule has 0 saturated carbocycles. The molecule has 3 nitrogen and oxygen atoms in total. The third-order valence-electron chi connectivity index (χ3n) is 1.42. The predicted octanol–water partition coefficient (Wildman–Crippen LogP) is 0.279. The number of benzene rings is 1. The molecule has 0 spiro atoms. The first-order valence-electron chi connectivity index (χ1n) is 3.24. The van der Waals surface area contributed by atoms with Gasteiger partial charge >= 0.3 is 59.1 Å². The molecule has 0 aliphatic heterocycles. The fraction of sp³-hybridized carbons (Fsp3) is 0. The van der Waals surface area contributed by atoms with Gasteiger partial charge < -0.3 is 0 Å². The van der Waals surface area contributed by atoms with Gasteiger partial charge in [0.15, 0.2) is 0 Å². The zero-order valence-electron chi connectivity index (χ0n) is 6.27. The van der Waals surface area contributed by atoms with Crippen molar-refractivity contribution in [2.45, 2.75) is 4.90 Å². The molecule has 14 heavy (non-hydrogen) atoms. The van der Waals surface area contributed by atoms with Crippen molar-refractivity contribution >= 4 is 75.3 Å². The molecule has 0 bridgehead atoms. The van der Waals surface area contributed by atoms with Gasteiger partial charge in [-0.05, 0) is 11.6 Å². The van der Waals surface area contributed by atoms with Gasteiger partial charge in [0.05, 0.1) is 0 Å². The molecule has 1 aromatic carbocycles. The molecule has 0 heterocycles. The van der Waals surface area contributed by atoms with E-state index in [0.29, 0.717) is 5.56 Å². The summed E-state index contributed by atoms with van der Waals surface area (Å²) < 4.78 is 30.2. The van der Waals surface area contributed by atoms with E-state index < -0.39 is 10.1 Å². The van der Waals surface area contributed by atoms with E-state index in [-0.39, 0.29) is 64.0 Å². The van der Waals surface area contributed by atoms with E-state index in [4.69, 9.17) is 4.55 Å². The second-order valence-electron chi connectivity index (χ2n) is 2.22. The van der Waals surface area contributed by atoms with Gasteiger partial charge in [-0.25, -0.2) is 0 Å². The monoisotopic (exact) mass is 232 g/mol. The van der Waals surface area contributed by atoms with E-state index in [1.54, 1.807) is 12.1 Å². The Morgan fingerprint density at radius 2 is 1.71 bits per heavy atom. The molecular weight excluding hydrogens is 222 g/mol. The fourth-order valence-corrected chi connectivity index (χ4v) is 1.58. The van der Waals surface area contributed by atoms with Gasteiger partial charge in [0.1, 0.15) is 4.90 Å². The van der Waals surface area contributed by atoms with Crippen LogP contribution in [0.5, 0.6) is 0 Å². The van der Waals surface area contributed by atoms with Gasteiger partial charge in [0.2, 0.25) is 0 Å². The topological polar surface area (TPSA) is 54.4 Å². The first-order chi connectivity index (χ1) is 5.55. The number of hydrogen-bond donors (Lipinski definition) is 1. The van der Waals surface area contributed by atoms with Gasteiger partial charge in [0.25, 0.3) is 10.1 Å². The minimum atomic E-state index is -4.12. The van der Waals surface area contributed by atoms with Gasteiger partial charge in [-0.3, -0.25) is 4.55 Å². The van der Waals surface area contributed by atoms with Crippen LogP contribution in [0, 0.1) is 0 Å². The van der Waals surface area contributed by atoms with Gasteiger partial charge in [-0.15, -0.1) is 0 Å². The summed E-state index contributed by atoms with van der Waals surface area (Å²) in [4.78, 5) is -0.111. The molecule has 0 atom stereocenters. The molecule has 1 rings (SSSR count). The van der Waals surface area contributed by atoms with Gasteiger partial charge in [-0.1, -0.05) is 30.9 Å². The Morgan fingerprint density at radius 3 is 2.07 bits per heavy atom. The SMILES string of the molecule is C=Cc1ccccc1S(=O)(=O)O.[NaH].[NaH]. The molecule has 6 heteroatoms. The van der Waals surface area contributed by atoms with Crippen LogP contribution in [0.15, 0.2) is 35.7 Å².